The third kappa shape index (κ3) is 2.80. The van der Waals surface area contributed by atoms with E-state index in [1.807, 2.05) is 0 Å². The molecule has 0 radical (unpaired) electrons. The number of hydrogen-bond donors (Lipinski definition) is 1. The van der Waals surface area contributed by atoms with Gasteiger partial charge in [-0.1, -0.05) is 30.3 Å². The molecule has 0 bridgehead atoms. The monoisotopic (exact) mass is 320 g/mol. The van der Waals surface area contributed by atoms with Gasteiger partial charge in [-0.15, -0.1) is 0 Å². The average molecular weight is 320 g/mol. The molecular formula is C21H24N2O. The zero-order valence-electron chi connectivity index (χ0n) is 14.2. The van der Waals surface area contributed by atoms with Crippen LogP contribution in [0, 0.1) is 0 Å². The maximum absolute atomic E-state index is 5.45. The van der Waals surface area contributed by atoms with E-state index in [2.05, 4.69) is 58.4 Å². The molecule has 124 valence electrons. The van der Waals surface area contributed by atoms with Gasteiger partial charge >= 0.3 is 0 Å². The fourth-order valence-corrected chi connectivity index (χ4v) is 3.80. The van der Waals surface area contributed by atoms with Crippen molar-refractivity contribution >= 4 is 10.9 Å². The van der Waals surface area contributed by atoms with Crippen LogP contribution in [0.3, 0.4) is 0 Å². The van der Waals surface area contributed by atoms with Crippen molar-refractivity contribution in [1.82, 2.24) is 9.88 Å². The maximum Gasteiger partial charge on any atom is 0.119 e. The fourth-order valence-electron chi connectivity index (χ4n) is 3.80. The molecule has 24 heavy (non-hydrogen) atoms. The van der Waals surface area contributed by atoms with E-state index in [1.54, 1.807) is 7.11 Å². The molecule has 0 fully saturated rings. The second-order valence-corrected chi connectivity index (χ2v) is 6.48. The van der Waals surface area contributed by atoms with Crippen molar-refractivity contribution < 1.29 is 4.74 Å². The van der Waals surface area contributed by atoms with Gasteiger partial charge in [0.25, 0.3) is 0 Å². The zero-order valence-corrected chi connectivity index (χ0v) is 14.2. The van der Waals surface area contributed by atoms with Crippen molar-refractivity contribution in [3.63, 3.8) is 0 Å². The number of aromatic nitrogens is 1. The van der Waals surface area contributed by atoms with Crippen molar-refractivity contribution in [2.24, 2.45) is 0 Å². The lowest BCUT2D eigenvalue weighted by atomic mass is 10.1. The highest BCUT2D eigenvalue weighted by atomic mass is 16.5. The first-order chi connectivity index (χ1) is 11.9. The van der Waals surface area contributed by atoms with E-state index >= 15 is 0 Å². The smallest absolute Gasteiger partial charge is 0.119 e. The van der Waals surface area contributed by atoms with Crippen LogP contribution >= 0.6 is 0 Å². The lowest BCUT2D eigenvalue weighted by Crippen LogP contribution is -2.11. The van der Waals surface area contributed by atoms with E-state index in [-0.39, 0.29) is 0 Å². The number of methoxy groups -OCH3 is 1. The predicted molar refractivity (Wildman–Crippen MR) is 98.7 cm³/mol. The summed E-state index contributed by atoms with van der Waals surface area (Å²) in [5.74, 6) is 0.940. The quantitative estimate of drug-likeness (QED) is 0.788. The standard InChI is InChI=1S/C21H24N2O/c1-24-17-9-10-21-18(14-17)19-15-22-12-5-8-20(19)23(21)13-11-16-6-3-2-4-7-16/h2-4,6-7,9-10,14,22H,5,8,11-13,15H2,1H3. The highest BCUT2D eigenvalue weighted by Crippen LogP contribution is 2.31. The highest BCUT2D eigenvalue weighted by molar-refractivity contribution is 5.87. The first kappa shape index (κ1) is 15.3. The van der Waals surface area contributed by atoms with Crippen LogP contribution in [-0.2, 0) is 25.9 Å². The van der Waals surface area contributed by atoms with Crippen LogP contribution in [0.2, 0.25) is 0 Å². The molecule has 2 aromatic carbocycles. The van der Waals surface area contributed by atoms with Crippen LogP contribution in [0.1, 0.15) is 23.2 Å². The van der Waals surface area contributed by atoms with Crippen LogP contribution in [0.15, 0.2) is 48.5 Å². The molecule has 0 saturated heterocycles. The van der Waals surface area contributed by atoms with Gasteiger partial charge in [-0.2, -0.15) is 0 Å². The number of ether oxygens (including phenoxy) is 1. The Morgan fingerprint density at radius 3 is 2.83 bits per heavy atom. The zero-order chi connectivity index (χ0) is 16.4. The minimum Gasteiger partial charge on any atom is -0.497 e. The second-order valence-electron chi connectivity index (χ2n) is 6.48. The van der Waals surface area contributed by atoms with Crippen LogP contribution < -0.4 is 10.1 Å². The Balaban J connectivity index is 1.76. The highest BCUT2D eigenvalue weighted by Gasteiger charge is 2.19. The summed E-state index contributed by atoms with van der Waals surface area (Å²) in [6.45, 7) is 3.08. The molecule has 0 aliphatic carbocycles. The third-order valence-corrected chi connectivity index (χ3v) is 5.03. The molecule has 0 unspecified atom stereocenters. The molecule has 1 aromatic heterocycles. The molecule has 3 nitrogen and oxygen atoms in total. The van der Waals surface area contributed by atoms with E-state index in [0.29, 0.717) is 0 Å². The summed E-state index contributed by atoms with van der Waals surface area (Å²) in [5, 5.41) is 4.91. The van der Waals surface area contributed by atoms with Crippen LogP contribution in [0.4, 0.5) is 0 Å². The Morgan fingerprint density at radius 1 is 1.12 bits per heavy atom. The Labute approximate surface area is 143 Å². The van der Waals surface area contributed by atoms with Gasteiger partial charge in [0, 0.05) is 29.7 Å². The molecule has 0 atom stereocenters. The van der Waals surface area contributed by atoms with Gasteiger partial charge in [0.2, 0.25) is 0 Å². The van der Waals surface area contributed by atoms with Gasteiger partial charge in [0.15, 0.2) is 0 Å². The molecule has 2 heterocycles. The molecular weight excluding hydrogens is 296 g/mol. The van der Waals surface area contributed by atoms with Gasteiger partial charge in [0.05, 0.1) is 7.11 Å². The van der Waals surface area contributed by atoms with E-state index in [9.17, 15) is 0 Å². The fraction of sp³-hybridized carbons (Fsp3) is 0.333. The Morgan fingerprint density at radius 2 is 2.00 bits per heavy atom. The molecule has 1 aliphatic rings. The van der Waals surface area contributed by atoms with Crippen LogP contribution in [-0.4, -0.2) is 18.2 Å². The SMILES string of the molecule is COc1ccc2c(c1)c1c(n2CCc2ccccc2)CCCNC1. The summed E-state index contributed by atoms with van der Waals surface area (Å²) in [7, 11) is 1.74. The summed E-state index contributed by atoms with van der Waals surface area (Å²) in [6.07, 6.45) is 3.41. The predicted octanol–water partition coefficient (Wildman–Crippen LogP) is 3.93. The Bertz CT molecular complexity index is 836. The van der Waals surface area contributed by atoms with E-state index < -0.39 is 0 Å². The number of hydrogen-bond acceptors (Lipinski definition) is 2. The molecule has 3 heteroatoms. The van der Waals surface area contributed by atoms with Gasteiger partial charge in [-0.25, -0.2) is 0 Å². The number of rotatable bonds is 4. The minimum atomic E-state index is 0.940. The summed E-state index contributed by atoms with van der Waals surface area (Å²) in [4.78, 5) is 0. The summed E-state index contributed by atoms with van der Waals surface area (Å²) in [5.41, 5.74) is 5.68. The Kier molecular flexibility index (Phi) is 4.26. The second kappa shape index (κ2) is 6.70. The van der Waals surface area contributed by atoms with Crippen molar-refractivity contribution in [3.05, 3.63) is 65.4 Å². The van der Waals surface area contributed by atoms with Crippen molar-refractivity contribution in [3.8, 4) is 5.75 Å². The van der Waals surface area contributed by atoms with Crippen LogP contribution in [0.25, 0.3) is 10.9 Å². The van der Waals surface area contributed by atoms with Gasteiger partial charge in [0.1, 0.15) is 5.75 Å². The van der Waals surface area contributed by atoms with Gasteiger partial charge in [-0.3, -0.25) is 0 Å². The molecule has 3 aromatic rings. The third-order valence-electron chi connectivity index (χ3n) is 5.03. The number of aryl methyl sites for hydroxylation is 2. The minimum absolute atomic E-state index is 0.940. The molecule has 1 N–H and O–H groups in total. The lowest BCUT2D eigenvalue weighted by molar-refractivity contribution is 0.415. The Hall–Kier alpha value is -2.26. The maximum atomic E-state index is 5.45. The van der Waals surface area contributed by atoms with Crippen molar-refractivity contribution in [1.29, 1.82) is 0 Å². The number of benzene rings is 2. The first-order valence-corrected chi connectivity index (χ1v) is 8.79. The van der Waals surface area contributed by atoms with Gasteiger partial charge in [-0.05, 0) is 55.1 Å². The summed E-state index contributed by atoms with van der Waals surface area (Å²) < 4.78 is 7.99. The first-order valence-electron chi connectivity index (χ1n) is 8.79. The summed E-state index contributed by atoms with van der Waals surface area (Å²) in [6, 6.07) is 17.3. The lowest BCUT2D eigenvalue weighted by Gasteiger charge is -2.11. The largest absolute Gasteiger partial charge is 0.497 e. The van der Waals surface area contributed by atoms with Crippen LogP contribution in [0.5, 0.6) is 5.75 Å². The molecule has 0 spiro atoms. The van der Waals surface area contributed by atoms with E-state index in [1.165, 1.54) is 34.1 Å². The average Bonchev–Trinajstić information content (AvgIpc) is 2.78. The number of nitrogens with one attached hydrogen (secondary N) is 1. The van der Waals surface area contributed by atoms with E-state index in [4.69, 9.17) is 4.74 Å². The molecule has 0 saturated carbocycles. The van der Waals surface area contributed by atoms with Crippen molar-refractivity contribution in [2.45, 2.75) is 32.4 Å². The number of nitrogens with zero attached hydrogens (tertiary/aromatic N) is 1. The molecule has 1 aliphatic heterocycles. The number of fused-ring (bicyclic) bond motifs is 3. The molecule has 4 rings (SSSR count). The van der Waals surface area contributed by atoms with Crippen molar-refractivity contribution in [2.75, 3.05) is 13.7 Å². The topological polar surface area (TPSA) is 26.2 Å². The normalized spacial score (nSPS) is 14.4. The molecule has 0 amide bonds. The van der Waals surface area contributed by atoms with Gasteiger partial charge < -0.3 is 14.6 Å². The summed E-state index contributed by atoms with van der Waals surface area (Å²) >= 11 is 0. The van der Waals surface area contributed by atoms with E-state index in [0.717, 1.165) is 38.2 Å².